The molecule has 0 nitrogen and oxygen atoms in total. The Kier molecular flexibility index (Phi) is 114. The molecular weight excluding hydrogens is 1530 g/mol. The first kappa shape index (κ1) is 161. The first-order chi connectivity index (χ1) is 56.9. The van der Waals surface area contributed by atoms with E-state index in [2.05, 4.69) is 277 Å². The molecule has 10 aliphatic carbocycles. The molecule has 10 saturated carbocycles. The Hall–Kier alpha value is 0. The third kappa shape index (κ3) is 78.6. The lowest BCUT2D eigenvalue weighted by molar-refractivity contribution is 0.260. The summed E-state index contributed by atoms with van der Waals surface area (Å²) in [6, 6.07) is 0. The Balaban J connectivity index is -0.0000000822. The van der Waals surface area contributed by atoms with Crippen molar-refractivity contribution >= 4 is 0 Å². The highest BCUT2D eigenvalue weighted by molar-refractivity contribution is 5.00. The molecule has 0 aromatic heterocycles. The molecule has 10 fully saturated rings. The maximum atomic E-state index is 2.38. The topological polar surface area (TPSA) is 0 Å². The van der Waals surface area contributed by atoms with Crippen LogP contribution in [-0.2, 0) is 0 Å². The summed E-state index contributed by atoms with van der Waals surface area (Å²) in [5.74, 6) is 26.7. The Morgan fingerprint density at radius 3 is 0.504 bits per heavy atom. The maximum absolute atomic E-state index is 2.38. The van der Waals surface area contributed by atoms with Crippen LogP contribution >= 0.6 is 0 Å². The second-order valence-corrected chi connectivity index (χ2v) is 46.3. The van der Waals surface area contributed by atoms with Gasteiger partial charge in [-0.1, -0.05) is 465 Å². The second kappa shape index (κ2) is 89.9. The molecule has 0 bridgehead atoms. The second-order valence-electron chi connectivity index (χ2n) is 46.3. The van der Waals surface area contributed by atoms with Gasteiger partial charge in [-0.15, -0.1) is 0 Å². The van der Waals surface area contributed by atoms with Gasteiger partial charge in [0.05, 0.1) is 0 Å². The van der Waals surface area contributed by atoms with Gasteiger partial charge in [0.15, 0.2) is 0 Å². The number of hydrogen-bond acceptors (Lipinski definition) is 0. The molecule has 10 aliphatic rings. The molecule has 10 rings (SSSR count). The molecule has 792 valence electrons. The van der Waals surface area contributed by atoms with Crippen molar-refractivity contribution < 1.29 is 0 Å². The summed E-state index contributed by atoms with van der Waals surface area (Å²) in [5.41, 5.74) is 4.65. The normalized spacial score (nSPS) is 21.4. The van der Waals surface area contributed by atoms with Crippen molar-refractivity contribution in [3.63, 3.8) is 0 Å². The summed E-state index contributed by atoms with van der Waals surface area (Å²) < 4.78 is 0. The predicted molar refractivity (Wildman–Crippen MR) is 616 cm³/mol. The van der Waals surface area contributed by atoms with E-state index in [0.29, 0.717) is 0 Å². The fraction of sp³-hybridized carbons (Fsp3) is 1.00. The Bertz CT molecular complexity index is 1920. The third-order valence-electron chi connectivity index (χ3n) is 29.5. The molecule has 127 heavy (non-hydrogen) atoms. The van der Waals surface area contributed by atoms with Crippen molar-refractivity contribution in [2.75, 3.05) is 0 Å². The highest BCUT2D eigenvalue weighted by atomic mass is 14.5. The molecular formula is C127H284. The van der Waals surface area contributed by atoms with E-state index in [4.69, 9.17) is 0 Å². The van der Waals surface area contributed by atoms with Crippen LogP contribution in [0, 0.1) is 198 Å². The van der Waals surface area contributed by atoms with E-state index in [9.17, 15) is 0 Å². The molecule has 8 atom stereocenters. The molecule has 0 heterocycles. The molecule has 0 aromatic rings. The van der Waals surface area contributed by atoms with Gasteiger partial charge >= 0.3 is 0 Å². The maximum Gasteiger partial charge on any atom is -0.0251 e. The number of rotatable bonds is 30. The molecule has 0 aliphatic heterocycles. The van der Waals surface area contributed by atoms with Gasteiger partial charge in [0.1, 0.15) is 0 Å². The summed E-state index contributed by atoms with van der Waals surface area (Å²) in [6.45, 7) is 134. The lowest BCUT2D eigenvalue weighted by Crippen LogP contribution is -2.16. The molecule has 0 saturated heterocycles. The van der Waals surface area contributed by atoms with E-state index < -0.39 is 0 Å². The van der Waals surface area contributed by atoms with Gasteiger partial charge in [-0.2, -0.15) is 0 Å². The van der Waals surface area contributed by atoms with E-state index in [1.54, 1.807) is 0 Å². The van der Waals surface area contributed by atoms with Gasteiger partial charge < -0.3 is 0 Å². The van der Waals surface area contributed by atoms with E-state index in [0.717, 1.165) is 198 Å². The van der Waals surface area contributed by atoms with Crippen LogP contribution in [0.5, 0.6) is 0 Å². The molecule has 0 amide bonds. The van der Waals surface area contributed by atoms with Crippen LogP contribution in [0.15, 0.2) is 0 Å². The summed E-state index contributed by atoms with van der Waals surface area (Å²) in [6.07, 6.45) is 41.4. The molecule has 0 radical (unpaired) electrons. The first-order valence-electron chi connectivity index (χ1n) is 56.9. The zero-order valence-corrected chi connectivity index (χ0v) is 99.0. The van der Waals surface area contributed by atoms with Gasteiger partial charge in [-0.3, -0.25) is 0 Å². The van der Waals surface area contributed by atoms with Crippen LogP contribution in [-0.4, -0.2) is 0 Å². The van der Waals surface area contributed by atoms with Gasteiger partial charge in [0.2, 0.25) is 0 Å². The minimum Gasteiger partial charge on any atom is -0.0776 e. The smallest absolute Gasteiger partial charge is 0.0251 e. The standard InChI is InChI=1S/4C11H22.4C10H20.2C9H18.10C2H6.5CH4/c1-9(2)7-11(5-6-11)8-10(3)4;2*1-9(2)5-6-11(7-8-11)10(3)4;1-8(2)10-5-6-11(7-10)9(3)4;2*1-7(2)5-9-6-10(9)8(3)4;2*1-8(2)7-10(5-6-10)9(3)4;1-7(2)9(5-6-9)8(3)4;1-6(2)8-5-9(8)7(3)4;10*1-2;;;;;/h3*9-10H,5-8H2,1-4H3;8-11H,5-7H2,1-4H3;2*7-10H,5-6H2,1-4H3;2*8-9H,5-7H2,1-4H3;7-8H,5-6H2,1-4H3;6-9H,5H2,1-4H3;10*1-2H3;5*1H4. The summed E-state index contributed by atoms with van der Waals surface area (Å²) in [5, 5.41) is 0. The molecule has 0 heteroatoms. The van der Waals surface area contributed by atoms with Crippen molar-refractivity contribution in [3.05, 3.63) is 0 Å². The molecule has 0 aromatic carbocycles. The zero-order chi connectivity index (χ0) is 99.0. The first-order valence-corrected chi connectivity index (χ1v) is 56.9. The quantitative estimate of drug-likeness (QED) is 0.0672. The highest BCUT2D eigenvalue weighted by Gasteiger charge is 2.50. The Morgan fingerprint density at radius 1 is 0.197 bits per heavy atom. The van der Waals surface area contributed by atoms with Crippen molar-refractivity contribution in [2.45, 2.75) is 632 Å². The molecule has 0 N–H and O–H groups in total. The summed E-state index contributed by atoms with van der Waals surface area (Å²) in [4.78, 5) is 0. The minimum absolute atomic E-state index is 0. The van der Waals surface area contributed by atoms with E-state index in [1.807, 2.05) is 138 Å². The van der Waals surface area contributed by atoms with Gasteiger partial charge in [-0.05, 0) is 365 Å². The van der Waals surface area contributed by atoms with Crippen LogP contribution in [0.25, 0.3) is 0 Å². The SMILES string of the molecule is C.C.C.C.C.CC.CC.CC.CC.CC.CC.CC.CC.CC.CC.CC(C)C1(C(C)C)CC1.CC(C)C1CC1C(C)C.CC(C)C1CCC(C(C)C)C1.CC(C)CC1(C(C)C)CC1.CC(C)CC1(C(C)C)CC1.CC(C)CC1(CC(C)C)CC1.CC(C)CC1CC1C(C)C.CC(C)CC1CC1C(C)C.CC(C)CCC1(C(C)C)CC1.CC(C)CCC1(C(C)C)CC1. The molecule has 0 spiro atoms. The van der Waals surface area contributed by atoms with Crippen LogP contribution in [0.1, 0.15) is 632 Å². The van der Waals surface area contributed by atoms with Crippen LogP contribution < -0.4 is 0 Å². The van der Waals surface area contributed by atoms with E-state index in [-0.39, 0.29) is 37.1 Å². The molecule has 8 unspecified atom stereocenters. The van der Waals surface area contributed by atoms with Gasteiger partial charge in [-0.25, -0.2) is 0 Å². The fourth-order valence-electron chi connectivity index (χ4n) is 20.0. The number of hydrogen-bond donors (Lipinski definition) is 0. The van der Waals surface area contributed by atoms with Crippen molar-refractivity contribution in [2.24, 2.45) is 198 Å². The monoisotopic (exact) mass is 1810 g/mol. The third-order valence-corrected chi connectivity index (χ3v) is 29.5. The predicted octanol–water partition coefficient (Wildman–Crippen LogP) is 48.3. The lowest BCUT2D eigenvalue weighted by atomic mass is 9.82. The van der Waals surface area contributed by atoms with Crippen LogP contribution in [0.4, 0.5) is 0 Å². The summed E-state index contributed by atoms with van der Waals surface area (Å²) in [7, 11) is 0. The highest BCUT2D eigenvalue weighted by Crippen LogP contribution is 2.60. The van der Waals surface area contributed by atoms with Gasteiger partial charge in [0, 0.05) is 0 Å². The van der Waals surface area contributed by atoms with Crippen molar-refractivity contribution in [3.8, 4) is 0 Å². The van der Waals surface area contributed by atoms with Crippen molar-refractivity contribution in [1.29, 1.82) is 0 Å². The van der Waals surface area contributed by atoms with E-state index in [1.165, 1.54) is 180 Å². The summed E-state index contributed by atoms with van der Waals surface area (Å²) >= 11 is 0. The largest absolute Gasteiger partial charge is 0.0776 e. The zero-order valence-electron chi connectivity index (χ0n) is 99.0. The van der Waals surface area contributed by atoms with E-state index >= 15 is 0 Å². The Labute approximate surface area is 825 Å². The average molecular weight is 1810 g/mol. The minimum atomic E-state index is 0. The van der Waals surface area contributed by atoms with Crippen LogP contribution in [0.2, 0.25) is 0 Å². The Morgan fingerprint density at radius 2 is 0.409 bits per heavy atom. The van der Waals surface area contributed by atoms with Crippen molar-refractivity contribution in [1.82, 2.24) is 0 Å². The van der Waals surface area contributed by atoms with Gasteiger partial charge in [0.25, 0.3) is 0 Å². The fourth-order valence-corrected chi connectivity index (χ4v) is 20.0. The average Bonchev–Trinajstić information content (AvgIpc) is 1.64. The van der Waals surface area contributed by atoms with Crippen LogP contribution in [0.3, 0.4) is 0 Å². The lowest BCUT2D eigenvalue weighted by Gasteiger charge is -2.23.